The van der Waals surface area contributed by atoms with Gasteiger partial charge in [-0.05, 0) is 19.8 Å². The minimum absolute atomic E-state index is 0.0263. The molecule has 0 bridgehead atoms. The summed E-state index contributed by atoms with van der Waals surface area (Å²) in [5.74, 6) is 0.457. The maximum Gasteiger partial charge on any atom is 0.223 e. The molecule has 1 heterocycles. The molecule has 1 atom stereocenters. The molecule has 0 radical (unpaired) electrons. The number of nitrogens with two attached hydrogens (primary N) is 1. The first kappa shape index (κ1) is 11.1. The number of hydrogen-bond donors (Lipinski definition) is 2. The normalized spacial score (nSPS) is 17.1. The summed E-state index contributed by atoms with van der Waals surface area (Å²) in [6, 6.07) is -0.0263. The molecule has 0 spiro atoms. The van der Waals surface area contributed by atoms with Crippen molar-refractivity contribution in [2.75, 3.05) is 6.54 Å². The molecule has 1 aromatic rings. The standard InChI is InChI=1S/C11H18N4O/c1-8(12)10-6-13-7-15(10)5-4-14-11(16)9-2-3-9/h6-9H,2-5,12H2,1H3,(H,14,16)/t8-/m0/s1. The van der Waals surface area contributed by atoms with E-state index in [-0.39, 0.29) is 17.9 Å². The largest absolute Gasteiger partial charge is 0.354 e. The van der Waals surface area contributed by atoms with Crippen LogP contribution in [-0.4, -0.2) is 22.0 Å². The molecule has 0 aromatic carbocycles. The zero-order valence-electron chi connectivity index (χ0n) is 9.52. The summed E-state index contributed by atoms with van der Waals surface area (Å²) in [7, 11) is 0. The predicted molar refractivity (Wildman–Crippen MR) is 60.6 cm³/mol. The third-order valence-corrected chi connectivity index (χ3v) is 2.81. The van der Waals surface area contributed by atoms with E-state index in [1.54, 1.807) is 12.5 Å². The fraction of sp³-hybridized carbons (Fsp3) is 0.636. The molecular formula is C11H18N4O. The molecule has 2 rings (SSSR count). The van der Waals surface area contributed by atoms with E-state index in [2.05, 4.69) is 10.3 Å². The van der Waals surface area contributed by atoms with E-state index in [4.69, 9.17) is 5.73 Å². The van der Waals surface area contributed by atoms with Crippen LogP contribution in [0.4, 0.5) is 0 Å². The van der Waals surface area contributed by atoms with Crippen molar-refractivity contribution in [2.24, 2.45) is 11.7 Å². The highest BCUT2D eigenvalue weighted by Gasteiger charge is 2.29. The molecule has 3 N–H and O–H groups in total. The molecule has 0 unspecified atom stereocenters. The molecular weight excluding hydrogens is 204 g/mol. The van der Waals surface area contributed by atoms with Gasteiger partial charge in [-0.1, -0.05) is 0 Å². The van der Waals surface area contributed by atoms with Crippen LogP contribution in [0.2, 0.25) is 0 Å². The number of aromatic nitrogens is 2. The van der Waals surface area contributed by atoms with Crippen molar-refractivity contribution in [2.45, 2.75) is 32.4 Å². The Kier molecular flexibility index (Phi) is 3.24. The molecule has 88 valence electrons. The molecule has 1 amide bonds. The first-order chi connectivity index (χ1) is 7.68. The average molecular weight is 222 g/mol. The third-order valence-electron chi connectivity index (χ3n) is 2.81. The van der Waals surface area contributed by atoms with Gasteiger partial charge < -0.3 is 15.6 Å². The Hall–Kier alpha value is -1.36. The number of carbonyl (C=O) groups is 1. The van der Waals surface area contributed by atoms with Crippen molar-refractivity contribution in [1.29, 1.82) is 0 Å². The Labute approximate surface area is 95.0 Å². The lowest BCUT2D eigenvalue weighted by atomic mass is 10.3. The third kappa shape index (κ3) is 2.61. The van der Waals surface area contributed by atoms with Gasteiger partial charge >= 0.3 is 0 Å². The Balaban J connectivity index is 1.80. The van der Waals surface area contributed by atoms with E-state index in [9.17, 15) is 4.79 Å². The van der Waals surface area contributed by atoms with Gasteiger partial charge in [0, 0.05) is 31.2 Å². The van der Waals surface area contributed by atoms with Crippen LogP contribution in [0.3, 0.4) is 0 Å². The van der Waals surface area contributed by atoms with Gasteiger partial charge in [0.2, 0.25) is 5.91 Å². The maximum absolute atomic E-state index is 11.4. The quantitative estimate of drug-likeness (QED) is 0.758. The van der Waals surface area contributed by atoms with Crippen LogP contribution in [0.5, 0.6) is 0 Å². The lowest BCUT2D eigenvalue weighted by molar-refractivity contribution is -0.122. The molecule has 1 aromatic heterocycles. The number of rotatable bonds is 5. The van der Waals surface area contributed by atoms with Gasteiger partial charge in [-0.25, -0.2) is 4.98 Å². The molecule has 1 fully saturated rings. The molecule has 5 heteroatoms. The Morgan fingerprint density at radius 1 is 1.75 bits per heavy atom. The van der Waals surface area contributed by atoms with Crippen molar-refractivity contribution in [3.05, 3.63) is 18.2 Å². The summed E-state index contributed by atoms with van der Waals surface area (Å²) in [5, 5.41) is 2.92. The molecule has 0 aliphatic heterocycles. The van der Waals surface area contributed by atoms with E-state index < -0.39 is 0 Å². The van der Waals surface area contributed by atoms with E-state index >= 15 is 0 Å². The van der Waals surface area contributed by atoms with Gasteiger partial charge in [-0.2, -0.15) is 0 Å². The number of carbonyl (C=O) groups excluding carboxylic acids is 1. The highest BCUT2D eigenvalue weighted by atomic mass is 16.2. The molecule has 1 aliphatic rings. The van der Waals surface area contributed by atoms with Crippen molar-refractivity contribution < 1.29 is 4.79 Å². The predicted octanol–water partition coefficient (Wildman–Crippen LogP) is 0.429. The Morgan fingerprint density at radius 2 is 2.50 bits per heavy atom. The fourth-order valence-corrected chi connectivity index (χ4v) is 1.69. The van der Waals surface area contributed by atoms with Crippen molar-refractivity contribution in [3.8, 4) is 0 Å². The molecule has 16 heavy (non-hydrogen) atoms. The highest BCUT2D eigenvalue weighted by molar-refractivity contribution is 5.80. The summed E-state index contributed by atoms with van der Waals surface area (Å²) >= 11 is 0. The van der Waals surface area contributed by atoms with Crippen LogP contribution in [0.1, 0.15) is 31.5 Å². The van der Waals surface area contributed by atoms with Gasteiger partial charge in [0.15, 0.2) is 0 Å². The van der Waals surface area contributed by atoms with Crippen molar-refractivity contribution >= 4 is 5.91 Å². The van der Waals surface area contributed by atoms with Gasteiger partial charge in [-0.3, -0.25) is 4.79 Å². The monoisotopic (exact) mass is 222 g/mol. The SMILES string of the molecule is C[C@H](N)c1cncn1CCNC(=O)C1CC1. The number of amides is 1. The summed E-state index contributed by atoms with van der Waals surface area (Å²) in [6.45, 7) is 3.30. The first-order valence-corrected chi connectivity index (χ1v) is 5.72. The van der Waals surface area contributed by atoms with Crippen molar-refractivity contribution in [3.63, 3.8) is 0 Å². The average Bonchev–Trinajstić information content (AvgIpc) is 2.98. The van der Waals surface area contributed by atoms with Gasteiger partial charge in [0.25, 0.3) is 0 Å². The second-order valence-electron chi connectivity index (χ2n) is 4.37. The van der Waals surface area contributed by atoms with Crippen LogP contribution < -0.4 is 11.1 Å². The Bertz CT molecular complexity index is 368. The van der Waals surface area contributed by atoms with E-state index in [0.717, 1.165) is 25.1 Å². The van der Waals surface area contributed by atoms with Crippen LogP contribution in [0.15, 0.2) is 12.5 Å². The summed E-state index contributed by atoms with van der Waals surface area (Å²) in [5.41, 5.74) is 6.80. The fourth-order valence-electron chi connectivity index (χ4n) is 1.69. The Morgan fingerprint density at radius 3 is 3.12 bits per heavy atom. The van der Waals surface area contributed by atoms with E-state index in [1.807, 2.05) is 11.5 Å². The zero-order chi connectivity index (χ0) is 11.5. The minimum atomic E-state index is -0.0263. The van der Waals surface area contributed by atoms with Crippen molar-refractivity contribution in [1.82, 2.24) is 14.9 Å². The zero-order valence-corrected chi connectivity index (χ0v) is 9.52. The lowest BCUT2D eigenvalue weighted by Gasteiger charge is -2.11. The van der Waals surface area contributed by atoms with Gasteiger partial charge in [0.05, 0.1) is 12.0 Å². The van der Waals surface area contributed by atoms with Crippen LogP contribution in [0, 0.1) is 5.92 Å². The number of nitrogens with zero attached hydrogens (tertiary/aromatic N) is 2. The van der Waals surface area contributed by atoms with E-state index in [1.165, 1.54) is 0 Å². The van der Waals surface area contributed by atoms with Crippen LogP contribution in [-0.2, 0) is 11.3 Å². The van der Waals surface area contributed by atoms with E-state index in [0.29, 0.717) is 6.54 Å². The topological polar surface area (TPSA) is 72.9 Å². The number of hydrogen-bond acceptors (Lipinski definition) is 3. The molecule has 1 saturated carbocycles. The summed E-state index contributed by atoms with van der Waals surface area (Å²) < 4.78 is 1.98. The molecule has 0 saturated heterocycles. The molecule has 5 nitrogen and oxygen atoms in total. The lowest BCUT2D eigenvalue weighted by Crippen LogP contribution is -2.29. The van der Waals surface area contributed by atoms with Crippen LogP contribution >= 0.6 is 0 Å². The smallest absolute Gasteiger partial charge is 0.223 e. The summed E-state index contributed by atoms with van der Waals surface area (Å²) in [4.78, 5) is 15.5. The summed E-state index contributed by atoms with van der Waals surface area (Å²) in [6.07, 6.45) is 5.61. The maximum atomic E-state index is 11.4. The highest BCUT2D eigenvalue weighted by Crippen LogP contribution is 2.28. The number of imidazole rings is 1. The van der Waals surface area contributed by atoms with Gasteiger partial charge in [0.1, 0.15) is 0 Å². The number of nitrogens with one attached hydrogen (secondary N) is 1. The minimum Gasteiger partial charge on any atom is -0.354 e. The molecule has 1 aliphatic carbocycles. The van der Waals surface area contributed by atoms with Gasteiger partial charge in [-0.15, -0.1) is 0 Å². The first-order valence-electron chi connectivity index (χ1n) is 5.72. The second kappa shape index (κ2) is 4.65. The van der Waals surface area contributed by atoms with Crippen LogP contribution in [0.25, 0.3) is 0 Å². The second-order valence-corrected chi connectivity index (χ2v) is 4.37.